The molecule has 35 heavy (non-hydrogen) atoms. The molecule has 2 aromatic carbocycles. The molecule has 8 nitrogen and oxygen atoms in total. The highest BCUT2D eigenvalue weighted by Crippen LogP contribution is 2.25. The van der Waals surface area contributed by atoms with E-state index in [-0.39, 0.29) is 13.1 Å². The van der Waals surface area contributed by atoms with E-state index in [1.807, 2.05) is 6.07 Å². The van der Waals surface area contributed by atoms with Gasteiger partial charge in [-0.2, -0.15) is 4.31 Å². The van der Waals surface area contributed by atoms with Crippen LogP contribution in [0.4, 0.5) is 0 Å². The number of amides is 2. The first-order valence-electron chi connectivity index (χ1n) is 10.8. The topological polar surface area (TPSA) is 99.7 Å². The molecule has 0 unspecified atom stereocenters. The lowest BCUT2D eigenvalue weighted by Crippen LogP contribution is -2.47. The Kier molecular flexibility index (Phi) is 8.97. The van der Waals surface area contributed by atoms with Crippen molar-refractivity contribution in [3.63, 3.8) is 0 Å². The highest BCUT2D eigenvalue weighted by Gasteiger charge is 2.32. The van der Waals surface area contributed by atoms with Gasteiger partial charge in [0.05, 0.1) is 12.8 Å². The van der Waals surface area contributed by atoms with E-state index in [9.17, 15) is 18.0 Å². The van der Waals surface area contributed by atoms with Crippen LogP contribution >= 0.6 is 11.6 Å². The van der Waals surface area contributed by atoms with Crippen molar-refractivity contribution in [1.82, 2.24) is 19.5 Å². The van der Waals surface area contributed by atoms with Crippen molar-refractivity contribution in [2.45, 2.75) is 19.1 Å². The van der Waals surface area contributed by atoms with Crippen molar-refractivity contribution < 1.29 is 18.0 Å². The van der Waals surface area contributed by atoms with Crippen LogP contribution < -0.4 is 5.32 Å². The molecule has 0 saturated heterocycles. The first-order chi connectivity index (χ1) is 16.6. The average molecular weight is 515 g/mol. The van der Waals surface area contributed by atoms with Crippen molar-refractivity contribution in [1.29, 1.82) is 0 Å². The molecule has 0 saturated carbocycles. The predicted octanol–water partition coefficient (Wildman–Crippen LogP) is 3.01. The van der Waals surface area contributed by atoms with Crippen LogP contribution in [0.25, 0.3) is 0 Å². The maximum absolute atomic E-state index is 13.5. The number of carbonyl (C=O) groups excluding carboxylic acids is 2. The standard InChI is InChI=1S/C25H27ClN4O4S/c1-29(35(2,33)34)18-23(31)30(17-20-8-10-22(26)11-9-20)24(21-6-4-3-5-7-21)25(32)28-16-19-12-14-27-15-13-19/h3-15,24H,16-18H2,1-2H3,(H,28,32)/t24-/m0/s1. The zero-order chi connectivity index (χ0) is 25.4. The lowest BCUT2D eigenvalue weighted by atomic mass is 10.0. The molecule has 10 heteroatoms. The van der Waals surface area contributed by atoms with Crippen LogP contribution in [0.15, 0.2) is 79.1 Å². The Morgan fingerprint density at radius 1 is 0.971 bits per heavy atom. The molecular weight excluding hydrogens is 488 g/mol. The maximum atomic E-state index is 13.5. The number of benzene rings is 2. The zero-order valence-corrected chi connectivity index (χ0v) is 21.0. The first kappa shape index (κ1) is 26.3. The number of nitrogens with zero attached hydrogens (tertiary/aromatic N) is 3. The molecule has 0 aliphatic carbocycles. The van der Waals surface area contributed by atoms with Gasteiger partial charge in [-0.05, 0) is 41.0 Å². The average Bonchev–Trinajstić information content (AvgIpc) is 2.84. The van der Waals surface area contributed by atoms with E-state index >= 15 is 0 Å². The molecule has 3 aromatic rings. The summed E-state index contributed by atoms with van der Waals surface area (Å²) >= 11 is 6.02. The fourth-order valence-corrected chi connectivity index (χ4v) is 3.87. The molecular formula is C25H27ClN4O4S. The third-order valence-corrected chi connectivity index (χ3v) is 6.92. The van der Waals surface area contributed by atoms with Gasteiger partial charge < -0.3 is 10.2 Å². The Hall–Kier alpha value is -3.27. The molecule has 3 rings (SSSR count). The van der Waals surface area contributed by atoms with Crippen LogP contribution in [0.5, 0.6) is 0 Å². The van der Waals surface area contributed by atoms with Crippen LogP contribution in [0.3, 0.4) is 0 Å². The van der Waals surface area contributed by atoms with Gasteiger partial charge in [0.1, 0.15) is 6.04 Å². The van der Waals surface area contributed by atoms with Crippen LogP contribution in [0, 0.1) is 0 Å². The Morgan fingerprint density at radius 3 is 2.20 bits per heavy atom. The fraction of sp³-hybridized carbons (Fsp3) is 0.240. The van der Waals surface area contributed by atoms with Crippen molar-refractivity contribution in [2.24, 2.45) is 0 Å². The van der Waals surface area contributed by atoms with Gasteiger partial charge in [-0.25, -0.2) is 8.42 Å². The number of sulfonamides is 1. The summed E-state index contributed by atoms with van der Waals surface area (Å²) in [7, 11) is -2.28. The minimum Gasteiger partial charge on any atom is -0.350 e. The minimum atomic E-state index is -3.60. The summed E-state index contributed by atoms with van der Waals surface area (Å²) in [4.78, 5) is 32.4. The predicted molar refractivity (Wildman–Crippen MR) is 135 cm³/mol. The second kappa shape index (κ2) is 11.9. The van der Waals surface area contributed by atoms with Crippen molar-refractivity contribution in [3.05, 3.63) is 101 Å². The van der Waals surface area contributed by atoms with Crippen molar-refractivity contribution in [2.75, 3.05) is 19.8 Å². The molecule has 0 radical (unpaired) electrons. The van der Waals surface area contributed by atoms with E-state index in [1.54, 1.807) is 73.1 Å². The molecule has 184 valence electrons. The Bertz CT molecular complexity index is 1240. The van der Waals surface area contributed by atoms with Gasteiger partial charge in [-0.15, -0.1) is 0 Å². The van der Waals surface area contributed by atoms with Crippen molar-refractivity contribution >= 4 is 33.4 Å². The van der Waals surface area contributed by atoms with E-state index in [4.69, 9.17) is 11.6 Å². The minimum absolute atomic E-state index is 0.0792. The maximum Gasteiger partial charge on any atom is 0.247 e. The summed E-state index contributed by atoms with van der Waals surface area (Å²) < 4.78 is 24.9. The monoisotopic (exact) mass is 514 g/mol. The zero-order valence-electron chi connectivity index (χ0n) is 19.5. The number of hydrogen-bond donors (Lipinski definition) is 1. The molecule has 2 amide bonds. The summed E-state index contributed by atoms with van der Waals surface area (Å²) in [5.41, 5.74) is 2.20. The summed E-state index contributed by atoms with van der Waals surface area (Å²) in [5.74, 6) is -0.905. The molecule has 0 spiro atoms. The number of nitrogens with one attached hydrogen (secondary N) is 1. The van der Waals surface area contributed by atoms with Crippen molar-refractivity contribution in [3.8, 4) is 0 Å². The molecule has 1 N–H and O–H groups in total. The van der Waals surface area contributed by atoms with E-state index in [2.05, 4.69) is 10.3 Å². The van der Waals surface area contributed by atoms with Gasteiger partial charge in [-0.3, -0.25) is 14.6 Å². The lowest BCUT2D eigenvalue weighted by molar-refractivity contribution is -0.141. The van der Waals surface area contributed by atoms with Gasteiger partial charge in [0.25, 0.3) is 0 Å². The highest BCUT2D eigenvalue weighted by molar-refractivity contribution is 7.88. The van der Waals surface area contributed by atoms with E-state index < -0.39 is 34.4 Å². The normalized spacial score (nSPS) is 12.2. The first-order valence-corrected chi connectivity index (χ1v) is 13.0. The van der Waals surface area contributed by atoms with Gasteiger partial charge in [0.2, 0.25) is 21.8 Å². The van der Waals surface area contributed by atoms with E-state index in [1.165, 1.54) is 11.9 Å². The fourth-order valence-electron chi connectivity index (χ4n) is 3.40. The van der Waals surface area contributed by atoms with Crippen LogP contribution in [0.2, 0.25) is 5.02 Å². The summed E-state index contributed by atoms with van der Waals surface area (Å²) in [5, 5.41) is 3.44. The molecule has 0 bridgehead atoms. The molecule has 0 aliphatic rings. The number of pyridine rings is 1. The van der Waals surface area contributed by atoms with Crippen LogP contribution in [0.1, 0.15) is 22.7 Å². The van der Waals surface area contributed by atoms with Gasteiger partial charge >= 0.3 is 0 Å². The Balaban J connectivity index is 1.97. The third-order valence-electron chi connectivity index (χ3n) is 5.40. The SMILES string of the molecule is CN(CC(=O)N(Cc1ccc(Cl)cc1)[C@H](C(=O)NCc1ccncc1)c1ccccc1)S(C)(=O)=O. The number of rotatable bonds is 10. The Labute approximate surface area is 210 Å². The number of hydrogen-bond acceptors (Lipinski definition) is 5. The van der Waals surface area contributed by atoms with E-state index in [0.29, 0.717) is 10.6 Å². The lowest BCUT2D eigenvalue weighted by Gasteiger charge is -2.32. The third kappa shape index (κ3) is 7.61. The number of carbonyl (C=O) groups is 2. The summed E-state index contributed by atoms with van der Waals surface area (Å²) in [6.45, 7) is -0.0832. The second-order valence-corrected chi connectivity index (χ2v) is 10.6. The number of halogens is 1. The van der Waals surface area contributed by atoms with Gasteiger partial charge in [0.15, 0.2) is 0 Å². The summed E-state index contributed by atoms with van der Waals surface area (Å²) in [6, 6.07) is 18.4. The second-order valence-electron chi connectivity index (χ2n) is 8.05. The largest absolute Gasteiger partial charge is 0.350 e. The molecule has 0 aliphatic heterocycles. The molecule has 0 fully saturated rings. The smallest absolute Gasteiger partial charge is 0.247 e. The molecule has 1 aromatic heterocycles. The van der Waals surface area contributed by atoms with E-state index in [0.717, 1.165) is 21.7 Å². The quantitative estimate of drug-likeness (QED) is 0.448. The highest BCUT2D eigenvalue weighted by atomic mass is 35.5. The van der Waals surface area contributed by atoms with Crippen LogP contribution in [-0.2, 0) is 32.7 Å². The number of likely N-dealkylation sites (N-methyl/N-ethyl adjacent to an activating group) is 1. The van der Waals surface area contributed by atoms with Crippen LogP contribution in [-0.4, -0.2) is 54.3 Å². The molecule has 1 heterocycles. The Morgan fingerprint density at radius 2 is 1.60 bits per heavy atom. The van der Waals surface area contributed by atoms with Gasteiger partial charge in [0, 0.05) is 37.6 Å². The summed E-state index contributed by atoms with van der Waals surface area (Å²) in [6.07, 6.45) is 4.29. The molecule has 1 atom stereocenters. The number of aromatic nitrogens is 1. The van der Waals surface area contributed by atoms with Gasteiger partial charge in [-0.1, -0.05) is 54.1 Å².